The van der Waals surface area contributed by atoms with E-state index in [1.54, 1.807) is 4.90 Å². The van der Waals surface area contributed by atoms with Crippen LogP contribution >= 0.6 is 0 Å². The standard InChI is InChI=1S/C19H25NO3/c1-23-18-13-7-14(18)9-19(8-13,15-5-3-2-4-6-15)10-17(22)20-11-16(21)12-20/h2-6,13-14,16,18,21H,7-12H2,1H3/t13?,14?,18-,19-. The maximum Gasteiger partial charge on any atom is 0.223 e. The van der Waals surface area contributed by atoms with Gasteiger partial charge in [-0.25, -0.2) is 0 Å². The molecule has 1 aromatic rings. The van der Waals surface area contributed by atoms with Crippen molar-refractivity contribution in [2.75, 3.05) is 20.2 Å². The first-order valence-corrected chi connectivity index (χ1v) is 8.65. The highest BCUT2D eigenvalue weighted by Gasteiger charge is 2.55. The van der Waals surface area contributed by atoms with E-state index in [0.29, 0.717) is 37.5 Å². The molecule has 3 aliphatic carbocycles. The number of hydrogen-bond acceptors (Lipinski definition) is 3. The van der Waals surface area contributed by atoms with Gasteiger partial charge in [-0.1, -0.05) is 30.3 Å². The highest BCUT2D eigenvalue weighted by molar-refractivity contribution is 5.79. The summed E-state index contributed by atoms with van der Waals surface area (Å²) in [5, 5.41) is 9.46. The van der Waals surface area contributed by atoms with E-state index in [1.165, 1.54) is 12.0 Å². The number of rotatable bonds is 4. The molecule has 1 aliphatic heterocycles. The first-order chi connectivity index (χ1) is 11.1. The lowest BCUT2D eigenvalue weighted by Gasteiger charge is -2.57. The number of fused-ring (bicyclic) bond motifs is 2. The number of benzene rings is 1. The minimum atomic E-state index is -0.329. The zero-order chi connectivity index (χ0) is 16.0. The van der Waals surface area contributed by atoms with Crippen LogP contribution in [0.2, 0.25) is 0 Å². The second-order valence-corrected chi connectivity index (χ2v) is 7.64. The van der Waals surface area contributed by atoms with Crippen molar-refractivity contribution in [3.63, 3.8) is 0 Å². The van der Waals surface area contributed by atoms with Gasteiger partial charge in [0.2, 0.25) is 5.91 Å². The van der Waals surface area contributed by atoms with Crippen molar-refractivity contribution in [3.8, 4) is 0 Å². The minimum absolute atomic E-state index is 0.0541. The van der Waals surface area contributed by atoms with Crippen LogP contribution in [0.25, 0.3) is 0 Å². The Kier molecular flexibility index (Phi) is 3.69. The molecule has 4 heteroatoms. The average Bonchev–Trinajstić information content (AvgIpc) is 2.53. The number of methoxy groups -OCH3 is 1. The number of hydrogen-bond donors (Lipinski definition) is 1. The first kappa shape index (κ1) is 15.2. The Morgan fingerprint density at radius 1 is 1.26 bits per heavy atom. The fraction of sp³-hybridized carbons (Fsp3) is 0.632. The Bertz CT molecular complexity index is 570. The van der Waals surface area contributed by atoms with E-state index in [9.17, 15) is 9.90 Å². The number of aliphatic hydroxyl groups excluding tert-OH is 1. The Morgan fingerprint density at radius 3 is 2.48 bits per heavy atom. The molecule has 124 valence electrons. The Balaban J connectivity index is 1.57. The number of nitrogens with zero attached hydrogens (tertiary/aromatic N) is 1. The van der Waals surface area contributed by atoms with Gasteiger partial charge in [0.25, 0.3) is 0 Å². The van der Waals surface area contributed by atoms with Crippen molar-refractivity contribution in [2.45, 2.75) is 43.3 Å². The van der Waals surface area contributed by atoms with Crippen LogP contribution in [0, 0.1) is 11.8 Å². The summed E-state index contributed by atoms with van der Waals surface area (Å²) in [6, 6.07) is 10.5. The molecule has 23 heavy (non-hydrogen) atoms. The SMILES string of the molecule is CO[C@H]1C2CC1C[C@@](CC(=O)N1CC(O)C1)(c1ccccc1)C2. The van der Waals surface area contributed by atoms with Gasteiger partial charge < -0.3 is 14.7 Å². The summed E-state index contributed by atoms with van der Waals surface area (Å²) in [7, 11) is 1.81. The van der Waals surface area contributed by atoms with Gasteiger partial charge in [0.1, 0.15) is 0 Å². The van der Waals surface area contributed by atoms with Crippen LogP contribution in [0.1, 0.15) is 31.2 Å². The van der Waals surface area contributed by atoms with E-state index in [0.717, 1.165) is 12.8 Å². The van der Waals surface area contributed by atoms with Gasteiger partial charge in [-0.3, -0.25) is 4.79 Å². The number of carbonyl (C=O) groups excluding carboxylic acids is 1. The molecule has 2 bridgehead atoms. The van der Waals surface area contributed by atoms with Gasteiger partial charge in [-0.05, 0) is 36.7 Å². The molecule has 5 rings (SSSR count). The van der Waals surface area contributed by atoms with Gasteiger partial charge in [-0.2, -0.15) is 0 Å². The summed E-state index contributed by atoms with van der Waals surface area (Å²) < 4.78 is 5.65. The van der Waals surface area contributed by atoms with Gasteiger partial charge in [-0.15, -0.1) is 0 Å². The smallest absolute Gasteiger partial charge is 0.223 e. The van der Waals surface area contributed by atoms with Crippen LogP contribution in [0.4, 0.5) is 0 Å². The summed E-state index contributed by atoms with van der Waals surface area (Å²) >= 11 is 0. The first-order valence-electron chi connectivity index (χ1n) is 8.65. The zero-order valence-electron chi connectivity index (χ0n) is 13.6. The lowest BCUT2D eigenvalue weighted by atomic mass is 9.50. The van der Waals surface area contributed by atoms with Crippen LogP contribution in [-0.2, 0) is 14.9 Å². The Hall–Kier alpha value is -1.39. The van der Waals surface area contributed by atoms with Crippen molar-refractivity contribution < 1.29 is 14.6 Å². The summed E-state index contributed by atoms with van der Waals surface area (Å²) in [6.45, 7) is 0.995. The predicted molar refractivity (Wildman–Crippen MR) is 87.0 cm³/mol. The molecule has 1 N–H and O–H groups in total. The van der Waals surface area contributed by atoms with Crippen molar-refractivity contribution in [1.82, 2.24) is 4.90 Å². The molecule has 3 saturated carbocycles. The largest absolute Gasteiger partial charge is 0.389 e. The lowest BCUT2D eigenvalue weighted by molar-refractivity contribution is -0.151. The van der Waals surface area contributed by atoms with E-state index < -0.39 is 0 Å². The molecule has 1 amide bonds. The molecule has 0 spiro atoms. The summed E-state index contributed by atoms with van der Waals surface area (Å²) in [6.07, 6.45) is 3.93. The molecule has 4 aliphatic rings. The zero-order valence-corrected chi connectivity index (χ0v) is 13.6. The number of carbonyl (C=O) groups is 1. The lowest BCUT2D eigenvalue weighted by Crippen LogP contribution is -2.58. The quantitative estimate of drug-likeness (QED) is 0.924. The molecule has 0 aromatic heterocycles. The van der Waals surface area contributed by atoms with Crippen molar-refractivity contribution in [3.05, 3.63) is 35.9 Å². The molecular formula is C19H25NO3. The molecule has 4 fully saturated rings. The topological polar surface area (TPSA) is 49.8 Å². The molecular weight excluding hydrogens is 290 g/mol. The van der Waals surface area contributed by atoms with Crippen molar-refractivity contribution in [2.24, 2.45) is 11.8 Å². The third-order valence-corrected chi connectivity index (χ3v) is 6.20. The van der Waals surface area contributed by atoms with Crippen LogP contribution in [0.3, 0.4) is 0 Å². The number of likely N-dealkylation sites (tertiary alicyclic amines) is 1. The van der Waals surface area contributed by atoms with Crippen LogP contribution in [0.5, 0.6) is 0 Å². The van der Waals surface area contributed by atoms with Gasteiger partial charge >= 0.3 is 0 Å². The van der Waals surface area contributed by atoms with Crippen molar-refractivity contribution >= 4 is 5.91 Å². The summed E-state index contributed by atoms with van der Waals surface area (Å²) in [5.41, 5.74) is 1.24. The third-order valence-electron chi connectivity index (χ3n) is 6.20. The van der Waals surface area contributed by atoms with Crippen molar-refractivity contribution in [1.29, 1.82) is 0 Å². The summed E-state index contributed by atoms with van der Waals surface area (Å²) in [4.78, 5) is 14.5. The van der Waals surface area contributed by atoms with Crippen LogP contribution in [0.15, 0.2) is 30.3 Å². The van der Waals surface area contributed by atoms with E-state index in [-0.39, 0.29) is 17.4 Å². The number of aliphatic hydroxyl groups is 1. The third kappa shape index (κ3) is 2.48. The maximum atomic E-state index is 12.7. The Labute approximate surface area is 137 Å². The monoisotopic (exact) mass is 315 g/mol. The number of ether oxygens (including phenoxy) is 1. The molecule has 4 nitrogen and oxygen atoms in total. The second-order valence-electron chi connectivity index (χ2n) is 7.64. The van der Waals surface area contributed by atoms with E-state index in [4.69, 9.17) is 4.74 Å². The maximum absolute atomic E-state index is 12.7. The predicted octanol–water partition coefficient (Wildman–Crippen LogP) is 1.96. The highest BCUT2D eigenvalue weighted by Crippen LogP contribution is 2.57. The molecule has 1 aromatic carbocycles. The molecule has 0 radical (unpaired) electrons. The molecule has 1 saturated heterocycles. The molecule has 2 unspecified atom stereocenters. The second kappa shape index (κ2) is 5.60. The summed E-state index contributed by atoms with van der Waals surface area (Å²) in [5.74, 6) is 1.34. The molecule has 1 heterocycles. The van der Waals surface area contributed by atoms with Crippen LogP contribution in [-0.4, -0.2) is 48.3 Å². The average molecular weight is 315 g/mol. The van der Waals surface area contributed by atoms with Gasteiger partial charge in [0.05, 0.1) is 12.2 Å². The van der Waals surface area contributed by atoms with Gasteiger partial charge in [0.15, 0.2) is 0 Å². The van der Waals surface area contributed by atoms with E-state index in [2.05, 4.69) is 24.3 Å². The fourth-order valence-corrected chi connectivity index (χ4v) is 5.05. The van der Waals surface area contributed by atoms with Crippen LogP contribution < -0.4 is 0 Å². The normalized spacial score (nSPS) is 36.3. The van der Waals surface area contributed by atoms with E-state index >= 15 is 0 Å². The molecule has 2 atom stereocenters. The number of β-amino-alcohol motifs (C(OH)–C–C–N with tert-alkyl or cyclic N) is 1. The van der Waals surface area contributed by atoms with Gasteiger partial charge in [0, 0.05) is 32.0 Å². The highest BCUT2D eigenvalue weighted by atomic mass is 16.5. The minimum Gasteiger partial charge on any atom is -0.389 e. The van der Waals surface area contributed by atoms with E-state index in [1.807, 2.05) is 13.2 Å². The fourth-order valence-electron chi connectivity index (χ4n) is 5.05. The Morgan fingerprint density at radius 2 is 1.91 bits per heavy atom. The number of amides is 1.